The van der Waals surface area contributed by atoms with Crippen LogP contribution in [0.25, 0.3) is 0 Å². The van der Waals surface area contributed by atoms with Gasteiger partial charge in [0.1, 0.15) is 85.5 Å². The van der Waals surface area contributed by atoms with Crippen molar-refractivity contribution >= 4 is 0 Å². The maximum atomic E-state index is 12.3. The lowest BCUT2D eigenvalue weighted by Gasteiger charge is -2.59. The highest BCUT2D eigenvalue weighted by molar-refractivity contribution is 5.29. The molecule has 0 aromatic carbocycles. The zero-order valence-electron chi connectivity index (χ0n) is 42.9. The molecule has 0 unspecified atom stereocenters. The fraction of sp³-hybridized carbons (Fsp3) is 0.961. The van der Waals surface area contributed by atoms with Gasteiger partial charge in [-0.25, -0.2) is 0 Å². The minimum absolute atomic E-state index is 0.00504. The monoisotopic (exact) mass is 1060 g/mol. The van der Waals surface area contributed by atoms with Crippen LogP contribution in [0, 0.1) is 40.4 Å². The van der Waals surface area contributed by atoms with E-state index < -0.39 is 160 Å². The molecule has 9 fully saturated rings. The van der Waals surface area contributed by atoms with E-state index in [1.54, 1.807) is 0 Å². The lowest BCUT2D eigenvalue weighted by molar-refractivity contribution is -0.388. The van der Waals surface area contributed by atoms with Crippen molar-refractivity contribution in [1.29, 1.82) is 0 Å². The molecule has 0 aromatic rings. The van der Waals surface area contributed by atoms with E-state index in [-0.39, 0.29) is 53.1 Å². The first-order valence-electron chi connectivity index (χ1n) is 26.9. The van der Waals surface area contributed by atoms with E-state index in [0.29, 0.717) is 32.1 Å². The quantitative estimate of drug-likeness (QED) is 0.0927. The third-order valence-corrected chi connectivity index (χ3v) is 19.9. The van der Waals surface area contributed by atoms with Crippen LogP contribution in [0.2, 0.25) is 0 Å². The van der Waals surface area contributed by atoms with Crippen LogP contribution in [0.15, 0.2) is 11.6 Å². The van der Waals surface area contributed by atoms with E-state index in [9.17, 15) is 66.4 Å². The second-order valence-electron chi connectivity index (χ2n) is 24.3. The molecule has 4 aliphatic carbocycles. The van der Waals surface area contributed by atoms with E-state index in [4.69, 9.17) is 47.4 Å². The topological polar surface area (TPSA) is 355 Å². The Hall–Kier alpha value is -1.18. The Morgan fingerprint density at radius 1 is 0.581 bits per heavy atom. The number of hydrogen-bond acceptors (Lipinski definition) is 23. The molecule has 0 aromatic heterocycles. The van der Waals surface area contributed by atoms with Gasteiger partial charge in [0, 0.05) is 12.3 Å². The first-order chi connectivity index (χ1) is 34.9. The van der Waals surface area contributed by atoms with Gasteiger partial charge in [-0.3, -0.25) is 0 Å². The summed E-state index contributed by atoms with van der Waals surface area (Å²) in [5, 5.41) is 139. The van der Waals surface area contributed by atoms with Crippen LogP contribution < -0.4 is 0 Å². The highest BCUT2D eigenvalue weighted by Crippen LogP contribution is 2.71. The van der Waals surface area contributed by atoms with Crippen molar-refractivity contribution < 1.29 is 114 Å². The lowest BCUT2D eigenvalue weighted by Crippen LogP contribution is -2.66. The van der Waals surface area contributed by atoms with Gasteiger partial charge < -0.3 is 114 Å². The summed E-state index contributed by atoms with van der Waals surface area (Å²) in [7, 11) is 0. The van der Waals surface area contributed by atoms with Gasteiger partial charge in [0.2, 0.25) is 0 Å². The highest BCUT2D eigenvalue weighted by atomic mass is 16.8. The van der Waals surface area contributed by atoms with Crippen LogP contribution >= 0.6 is 0 Å². The number of rotatable bonds is 11. The molecule has 424 valence electrons. The maximum Gasteiger partial charge on any atom is 0.187 e. The summed E-state index contributed by atoms with van der Waals surface area (Å²) in [5.41, 5.74) is -0.263. The third kappa shape index (κ3) is 9.29. The molecule has 10 rings (SSSR count). The predicted octanol–water partition coefficient (Wildman–Crippen LogP) is -2.85. The first-order valence-corrected chi connectivity index (χ1v) is 26.9. The third-order valence-electron chi connectivity index (χ3n) is 19.9. The van der Waals surface area contributed by atoms with Crippen molar-refractivity contribution in [3.05, 3.63) is 11.6 Å². The van der Waals surface area contributed by atoms with Crippen LogP contribution in [-0.2, 0) is 47.4 Å². The van der Waals surface area contributed by atoms with Crippen molar-refractivity contribution in [3.63, 3.8) is 0 Å². The minimum atomic E-state index is -1.78. The van der Waals surface area contributed by atoms with E-state index in [1.807, 2.05) is 13.0 Å². The Balaban J connectivity index is 0.823. The zero-order chi connectivity index (χ0) is 53.3. The van der Waals surface area contributed by atoms with Gasteiger partial charge in [-0.1, -0.05) is 32.4 Å². The molecule has 32 atom stereocenters. The predicted molar refractivity (Wildman–Crippen MR) is 248 cm³/mol. The van der Waals surface area contributed by atoms with Gasteiger partial charge in [-0.2, -0.15) is 0 Å². The SMILES string of the molecule is C[C@@H]1O[C@@H](O[C@H]2[C@H](O[C@H]3CC[C@@]4(C)C(=C[C@@H](O)[C@H]5[C@@H]6C[C@@H]7O[C@]8(CC[C@@](C)(CO[C@@H]9O[C@H](CO)[C@@H](O)[C@H](O)[C@H]9O)O8)[C@@H](C)[C@@H]7[C@@]6(C)CC[C@@H]54)C3)O[C@H](CO)[C@@H](O[C@@H]3O[C@@H](C)[C@H](O)[C@@H](O)[C@H]3O)[C@@H]2O)[C@H](O)[C@H](O)[C@H]1O. The number of aliphatic hydroxyl groups is 13. The number of aliphatic hydroxyl groups excluding tert-OH is 13. The van der Waals surface area contributed by atoms with E-state index in [1.165, 1.54) is 13.8 Å². The van der Waals surface area contributed by atoms with Crippen LogP contribution in [0.3, 0.4) is 0 Å². The summed E-state index contributed by atoms with van der Waals surface area (Å²) in [5.74, 6) is -0.505. The van der Waals surface area contributed by atoms with Crippen molar-refractivity contribution in [2.45, 2.75) is 245 Å². The van der Waals surface area contributed by atoms with Crippen molar-refractivity contribution in [2.75, 3.05) is 19.8 Å². The molecule has 6 heterocycles. The van der Waals surface area contributed by atoms with Gasteiger partial charge >= 0.3 is 0 Å². The van der Waals surface area contributed by atoms with E-state index >= 15 is 0 Å². The molecule has 74 heavy (non-hydrogen) atoms. The highest BCUT2D eigenvalue weighted by Gasteiger charge is 2.71. The zero-order valence-corrected chi connectivity index (χ0v) is 42.9. The Labute approximate surface area is 430 Å². The number of fused-ring (bicyclic) bond motifs is 7. The summed E-state index contributed by atoms with van der Waals surface area (Å²) in [6, 6.07) is 0. The summed E-state index contributed by atoms with van der Waals surface area (Å²) in [6.07, 6.45) is -23.6. The molecular formula is C51H82O23. The molecule has 23 nitrogen and oxygen atoms in total. The molecule has 0 amide bonds. The summed E-state index contributed by atoms with van der Waals surface area (Å²) in [6.45, 7) is 10.4. The summed E-state index contributed by atoms with van der Waals surface area (Å²) in [4.78, 5) is 0. The van der Waals surface area contributed by atoms with Crippen LogP contribution in [0.4, 0.5) is 0 Å². The molecule has 0 bridgehead atoms. The van der Waals surface area contributed by atoms with Crippen LogP contribution in [0.1, 0.15) is 92.9 Å². The second kappa shape index (κ2) is 20.7. The molecule has 10 aliphatic rings. The molecule has 6 saturated heterocycles. The standard InChI is InChI=1S/C51H82O23/c1-19-31-27(73-51(19)12-11-48(4,74-51)18-65-44-38(61)37(60)34(57)28(16-52)69-44)15-25-30-24(8-10-50(25,31)6)49(5)9-7-23(13-22(49)14-26(30)54)68-47-43(72-46-40(63)36(59)33(56)21(3)67-46)41(64)42(29(17-53)70-47)71-45-39(62)35(58)32(55)20(2)66-45/h14,19-21,23-47,52-64H,7-13,15-18H2,1-6H3/t19-,20-,21-,23-,24-,25-,26+,27-,28+,29+,30+,31-,32-,33-,34+,35+,36+,37-,38+,39+,40+,41-,42+,43+,44+,45-,46-,47+,48-,49-,50-,51-/m0/s1. The van der Waals surface area contributed by atoms with Crippen LogP contribution in [0.5, 0.6) is 0 Å². The Bertz CT molecular complexity index is 2000. The minimum Gasteiger partial charge on any atom is -0.394 e. The fourth-order valence-electron chi connectivity index (χ4n) is 15.6. The first kappa shape index (κ1) is 56.1. The maximum absolute atomic E-state index is 12.3. The van der Waals surface area contributed by atoms with E-state index in [0.717, 1.165) is 24.8 Å². The van der Waals surface area contributed by atoms with E-state index in [2.05, 4.69) is 20.8 Å². The van der Waals surface area contributed by atoms with Gasteiger partial charge in [-0.15, -0.1) is 0 Å². The number of ether oxygens (including phenoxy) is 10. The molecule has 1 spiro atoms. The smallest absolute Gasteiger partial charge is 0.187 e. The Morgan fingerprint density at radius 3 is 1.81 bits per heavy atom. The van der Waals surface area contributed by atoms with Gasteiger partial charge in [0.15, 0.2) is 30.9 Å². The van der Waals surface area contributed by atoms with Crippen molar-refractivity contribution in [3.8, 4) is 0 Å². The van der Waals surface area contributed by atoms with Gasteiger partial charge in [-0.05, 0) is 100 Å². The molecule has 0 radical (unpaired) electrons. The van der Waals surface area contributed by atoms with Gasteiger partial charge in [0.05, 0.1) is 55.9 Å². The average molecular weight is 1060 g/mol. The van der Waals surface area contributed by atoms with Crippen LogP contribution in [-0.4, -0.2) is 239 Å². The second-order valence-corrected chi connectivity index (χ2v) is 24.3. The summed E-state index contributed by atoms with van der Waals surface area (Å²) >= 11 is 0. The molecular weight excluding hydrogens is 981 g/mol. The lowest BCUT2D eigenvalue weighted by atomic mass is 9.46. The Kier molecular flexibility index (Phi) is 15.7. The van der Waals surface area contributed by atoms with Gasteiger partial charge in [0.25, 0.3) is 0 Å². The normalized spacial score (nSPS) is 58.4. The molecule has 13 N–H and O–H groups in total. The van der Waals surface area contributed by atoms with Crippen molar-refractivity contribution in [1.82, 2.24) is 0 Å². The number of hydrogen-bond donors (Lipinski definition) is 13. The largest absolute Gasteiger partial charge is 0.394 e. The summed E-state index contributed by atoms with van der Waals surface area (Å²) < 4.78 is 62.0. The van der Waals surface area contributed by atoms with Crippen molar-refractivity contribution in [2.24, 2.45) is 40.4 Å². The average Bonchev–Trinajstić information content (AvgIpc) is 3.97. The molecule has 6 aliphatic heterocycles. The Morgan fingerprint density at radius 2 is 1.18 bits per heavy atom. The fourth-order valence-corrected chi connectivity index (χ4v) is 15.6. The molecule has 23 heteroatoms. The molecule has 3 saturated carbocycles.